The summed E-state index contributed by atoms with van der Waals surface area (Å²) < 4.78 is 84.4. The first-order valence-electron chi connectivity index (χ1n) is 10.7. The molecule has 7 heteroatoms. The lowest BCUT2D eigenvalue weighted by atomic mass is 9.96. The first-order chi connectivity index (χ1) is 16.2. The average Bonchev–Trinajstić information content (AvgIpc) is 2.80. The van der Waals surface area contributed by atoms with Crippen LogP contribution in [0.5, 0.6) is 5.75 Å². The Balaban J connectivity index is 1.66. The van der Waals surface area contributed by atoms with Crippen LogP contribution in [-0.2, 0) is 6.42 Å². The molecule has 0 saturated heterocycles. The molecule has 0 aromatic heterocycles. The van der Waals surface area contributed by atoms with Crippen LogP contribution in [0.25, 0.3) is 33.0 Å². The normalized spacial score (nSPS) is 11.7. The third-order valence-corrected chi connectivity index (χ3v) is 5.59. The standard InChI is InChI=1S/C27H20F6O/c1-2-3-4-16-5-7-17(8-6-16)18-9-11-21(23(28)14-18)19-10-12-22-20(13-19)15-24(29)26(25(22)30)34-27(31,32)33/h5-15H,2-4H2,1H3. The fraction of sp³-hybridized carbons (Fsp3) is 0.185. The van der Waals surface area contributed by atoms with Gasteiger partial charge in [-0.25, -0.2) is 13.2 Å². The van der Waals surface area contributed by atoms with E-state index >= 15 is 0 Å². The van der Waals surface area contributed by atoms with E-state index in [4.69, 9.17) is 0 Å². The van der Waals surface area contributed by atoms with Crippen LogP contribution in [0, 0.1) is 17.5 Å². The molecule has 0 amide bonds. The molecule has 0 bridgehead atoms. The molecule has 0 unspecified atom stereocenters. The number of aryl methyl sites for hydroxylation is 1. The van der Waals surface area contributed by atoms with Crippen molar-refractivity contribution in [3.63, 3.8) is 0 Å². The second-order valence-electron chi connectivity index (χ2n) is 7.98. The predicted molar refractivity (Wildman–Crippen MR) is 120 cm³/mol. The van der Waals surface area contributed by atoms with Crippen molar-refractivity contribution < 1.29 is 31.1 Å². The lowest BCUT2D eigenvalue weighted by molar-refractivity contribution is -0.276. The molecule has 0 aliphatic rings. The van der Waals surface area contributed by atoms with Gasteiger partial charge in [-0.3, -0.25) is 0 Å². The first-order valence-corrected chi connectivity index (χ1v) is 10.7. The van der Waals surface area contributed by atoms with Crippen molar-refractivity contribution in [2.45, 2.75) is 32.5 Å². The summed E-state index contributed by atoms with van der Waals surface area (Å²) in [5.74, 6) is -5.04. The summed E-state index contributed by atoms with van der Waals surface area (Å²) in [6, 6.07) is 17.2. The molecule has 0 aliphatic carbocycles. The van der Waals surface area contributed by atoms with Gasteiger partial charge in [0.2, 0.25) is 5.75 Å². The van der Waals surface area contributed by atoms with Crippen LogP contribution in [0.4, 0.5) is 26.3 Å². The maximum absolute atomic E-state index is 15.0. The molecule has 0 radical (unpaired) electrons. The summed E-state index contributed by atoms with van der Waals surface area (Å²) in [5, 5.41) is -0.294. The minimum Gasteiger partial charge on any atom is -0.399 e. The number of benzene rings is 4. The number of unbranched alkanes of at least 4 members (excludes halogenated alkanes) is 1. The SMILES string of the molecule is CCCCc1ccc(-c2ccc(-c3ccc4c(F)c(OC(F)(F)F)c(F)cc4c3)c(F)c2)cc1. The number of halogens is 6. The monoisotopic (exact) mass is 474 g/mol. The van der Waals surface area contributed by atoms with Gasteiger partial charge in [0.1, 0.15) is 5.82 Å². The minimum absolute atomic E-state index is 0.0202. The van der Waals surface area contributed by atoms with Gasteiger partial charge in [0.15, 0.2) is 11.6 Å². The van der Waals surface area contributed by atoms with Gasteiger partial charge >= 0.3 is 6.36 Å². The van der Waals surface area contributed by atoms with Crippen LogP contribution in [0.3, 0.4) is 0 Å². The zero-order valence-electron chi connectivity index (χ0n) is 18.1. The number of alkyl halides is 3. The van der Waals surface area contributed by atoms with E-state index in [0.29, 0.717) is 11.1 Å². The molecule has 176 valence electrons. The fourth-order valence-corrected chi connectivity index (χ4v) is 3.86. The van der Waals surface area contributed by atoms with Gasteiger partial charge in [-0.1, -0.05) is 61.9 Å². The number of hydrogen-bond acceptors (Lipinski definition) is 1. The Morgan fingerprint density at radius 1 is 0.735 bits per heavy atom. The Bertz CT molecular complexity index is 1330. The smallest absolute Gasteiger partial charge is 0.399 e. The molecule has 0 fully saturated rings. The zero-order valence-corrected chi connectivity index (χ0v) is 18.1. The fourth-order valence-electron chi connectivity index (χ4n) is 3.86. The molecule has 4 aromatic carbocycles. The maximum atomic E-state index is 15.0. The number of fused-ring (bicyclic) bond motifs is 1. The molecular weight excluding hydrogens is 454 g/mol. The molecular formula is C27H20F6O. The molecule has 1 nitrogen and oxygen atoms in total. The Hall–Kier alpha value is -3.48. The average molecular weight is 474 g/mol. The maximum Gasteiger partial charge on any atom is 0.573 e. The highest BCUT2D eigenvalue weighted by molar-refractivity contribution is 5.89. The van der Waals surface area contributed by atoms with E-state index in [2.05, 4.69) is 11.7 Å². The Kier molecular flexibility index (Phi) is 6.55. The third kappa shape index (κ3) is 5.03. The number of ether oxygens (including phenoxy) is 1. The van der Waals surface area contributed by atoms with Crippen LogP contribution in [0.1, 0.15) is 25.3 Å². The van der Waals surface area contributed by atoms with Crippen LogP contribution >= 0.6 is 0 Å². The van der Waals surface area contributed by atoms with Gasteiger partial charge in [-0.2, -0.15) is 0 Å². The molecule has 4 rings (SSSR count). The van der Waals surface area contributed by atoms with Crippen molar-refractivity contribution in [1.82, 2.24) is 0 Å². The van der Waals surface area contributed by atoms with Crippen molar-refractivity contribution in [3.05, 3.63) is 89.7 Å². The second kappa shape index (κ2) is 9.41. The van der Waals surface area contributed by atoms with Crippen LogP contribution < -0.4 is 4.74 Å². The molecule has 0 saturated carbocycles. The Labute approximate surface area is 192 Å². The summed E-state index contributed by atoms with van der Waals surface area (Å²) in [5.41, 5.74) is 3.26. The molecule has 34 heavy (non-hydrogen) atoms. The summed E-state index contributed by atoms with van der Waals surface area (Å²) in [6.07, 6.45) is -2.06. The first kappa shape index (κ1) is 23.7. The van der Waals surface area contributed by atoms with Crippen LogP contribution in [-0.4, -0.2) is 6.36 Å². The van der Waals surface area contributed by atoms with Gasteiger partial charge in [-0.05, 0) is 58.7 Å². The Morgan fingerprint density at radius 3 is 2.06 bits per heavy atom. The molecule has 0 atom stereocenters. The van der Waals surface area contributed by atoms with E-state index in [0.717, 1.165) is 30.9 Å². The summed E-state index contributed by atoms with van der Waals surface area (Å²) >= 11 is 0. The summed E-state index contributed by atoms with van der Waals surface area (Å²) in [6.45, 7) is 2.13. The lowest BCUT2D eigenvalue weighted by Crippen LogP contribution is -2.19. The van der Waals surface area contributed by atoms with Crippen molar-refractivity contribution in [2.24, 2.45) is 0 Å². The molecule has 0 spiro atoms. The van der Waals surface area contributed by atoms with Crippen LogP contribution in [0.15, 0.2) is 66.7 Å². The zero-order chi connectivity index (χ0) is 24.5. The molecule has 0 N–H and O–H groups in total. The highest BCUT2D eigenvalue weighted by atomic mass is 19.4. The van der Waals surface area contributed by atoms with Crippen molar-refractivity contribution in [3.8, 4) is 28.0 Å². The topological polar surface area (TPSA) is 9.23 Å². The van der Waals surface area contributed by atoms with E-state index in [1.165, 1.54) is 29.8 Å². The van der Waals surface area contributed by atoms with Gasteiger partial charge < -0.3 is 4.74 Å². The minimum atomic E-state index is -5.24. The third-order valence-electron chi connectivity index (χ3n) is 5.59. The second-order valence-corrected chi connectivity index (χ2v) is 7.98. The van der Waals surface area contributed by atoms with Crippen molar-refractivity contribution >= 4 is 10.8 Å². The summed E-state index contributed by atoms with van der Waals surface area (Å²) in [4.78, 5) is 0. The lowest BCUT2D eigenvalue weighted by Gasteiger charge is -2.13. The van der Waals surface area contributed by atoms with Crippen molar-refractivity contribution in [1.29, 1.82) is 0 Å². The largest absolute Gasteiger partial charge is 0.573 e. The molecule has 0 aliphatic heterocycles. The van der Waals surface area contributed by atoms with Crippen LogP contribution in [0.2, 0.25) is 0 Å². The quantitative estimate of drug-likeness (QED) is 0.254. The highest BCUT2D eigenvalue weighted by Crippen LogP contribution is 2.36. The van der Waals surface area contributed by atoms with Gasteiger partial charge in [0.25, 0.3) is 0 Å². The number of hydrogen-bond donors (Lipinski definition) is 0. The highest BCUT2D eigenvalue weighted by Gasteiger charge is 2.34. The number of rotatable bonds is 6. The molecule has 4 aromatic rings. The van der Waals surface area contributed by atoms with Gasteiger partial charge in [0, 0.05) is 10.9 Å². The van der Waals surface area contributed by atoms with Gasteiger partial charge in [-0.15, -0.1) is 13.2 Å². The van der Waals surface area contributed by atoms with Crippen molar-refractivity contribution in [2.75, 3.05) is 0 Å². The van der Waals surface area contributed by atoms with E-state index in [1.807, 2.05) is 24.3 Å². The van der Waals surface area contributed by atoms with E-state index in [9.17, 15) is 26.3 Å². The Morgan fingerprint density at radius 2 is 1.41 bits per heavy atom. The predicted octanol–water partition coefficient (Wildman–Crippen LogP) is 8.83. The van der Waals surface area contributed by atoms with Gasteiger partial charge in [0.05, 0.1) is 0 Å². The molecule has 0 heterocycles. The van der Waals surface area contributed by atoms with E-state index in [1.54, 1.807) is 12.1 Å². The van der Waals surface area contributed by atoms with E-state index < -0.39 is 29.6 Å². The van der Waals surface area contributed by atoms with E-state index in [-0.39, 0.29) is 16.3 Å². The summed E-state index contributed by atoms with van der Waals surface area (Å²) in [7, 11) is 0.